The van der Waals surface area contributed by atoms with Gasteiger partial charge in [-0.3, -0.25) is 4.99 Å². The van der Waals surface area contributed by atoms with E-state index in [2.05, 4.69) is 4.99 Å². The molecule has 2 heterocycles. The Hall–Kier alpha value is -0.380. The number of alkyl halides is 4. The molecule has 0 unspecified atom stereocenters. The molecule has 6 atom stereocenters. The van der Waals surface area contributed by atoms with Crippen LogP contribution in [0.3, 0.4) is 0 Å². The Labute approximate surface area is 110 Å². The van der Waals surface area contributed by atoms with Crippen LogP contribution in [0.2, 0.25) is 0 Å². The third kappa shape index (κ3) is 2.37. The fourth-order valence-electron chi connectivity index (χ4n) is 2.09. The van der Waals surface area contributed by atoms with Crippen molar-refractivity contribution in [3.8, 4) is 0 Å². The first-order chi connectivity index (χ1) is 8.55. The lowest BCUT2D eigenvalue weighted by Gasteiger charge is -2.44. The fraction of sp³-hybridized carbons (Fsp3) is 0.900. The number of hydrogen-bond acceptors (Lipinski definition) is 5. The van der Waals surface area contributed by atoms with E-state index < -0.39 is 41.6 Å². The van der Waals surface area contributed by atoms with Gasteiger partial charge >= 0.3 is 6.18 Å². The quantitative estimate of drug-likeness (QED) is 0.716. The highest BCUT2D eigenvalue weighted by atomic mass is 32.2. The largest absolute Gasteiger partial charge is 0.419 e. The van der Waals surface area contributed by atoms with Crippen LogP contribution in [0, 0.1) is 0 Å². The van der Waals surface area contributed by atoms with Crippen LogP contribution >= 0.6 is 11.8 Å². The molecule has 4 nitrogen and oxygen atoms in total. The second-order valence-corrected chi connectivity index (χ2v) is 6.05. The van der Waals surface area contributed by atoms with E-state index in [0.717, 1.165) is 11.8 Å². The molecule has 0 saturated carbocycles. The number of aliphatic imine (C=N–C) groups is 1. The molecular weight excluding hydrogens is 290 g/mol. The van der Waals surface area contributed by atoms with Gasteiger partial charge in [-0.05, 0) is 13.8 Å². The van der Waals surface area contributed by atoms with Crippen molar-refractivity contribution in [3.05, 3.63) is 0 Å². The first-order valence-electron chi connectivity index (χ1n) is 5.53. The molecule has 19 heavy (non-hydrogen) atoms. The number of nitrogens with zero attached hydrogens (tertiary/aromatic N) is 1. The van der Waals surface area contributed by atoms with Gasteiger partial charge in [-0.2, -0.15) is 13.2 Å². The highest BCUT2D eigenvalue weighted by Gasteiger charge is 2.63. The van der Waals surface area contributed by atoms with E-state index in [1.54, 1.807) is 6.92 Å². The fourth-order valence-corrected chi connectivity index (χ4v) is 3.13. The minimum atomic E-state index is -5.04. The maximum Gasteiger partial charge on any atom is 0.419 e. The number of aliphatic hydroxyl groups is 2. The highest BCUT2D eigenvalue weighted by Crippen LogP contribution is 2.44. The van der Waals surface area contributed by atoms with Gasteiger partial charge in [0.25, 0.3) is 0 Å². The summed E-state index contributed by atoms with van der Waals surface area (Å²) in [5.41, 5.74) is -4.30. The summed E-state index contributed by atoms with van der Waals surface area (Å²) >= 11 is 0.984. The number of ether oxygens (including phenoxy) is 1. The van der Waals surface area contributed by atoms with E-state index in [1.165, 1.54) is 0 Å². The van der Waals surface area contributed by atoms with Crippen LogP contribution in [0.4, 0.5) is 17.6 Å². The van der Waals surface area contributed by atoms with Gasteiger partial charge in [-0.15, -0.1) is 0 Å². The van der Waals surface area contributed by atoms with Crippen molar-refractivity contribution in [3.63, 3.8) is 0 Å². The molecule has 0 spiro atoms. The molecule has 9 heteroatoms. The molecule has 0 aromatic carbocycles. The molecule has 110 valence electrons. The lowest BCUT2D eigenvalue weighted by molar-refractivity contribution is -0.314. The van der Waals surface area contributed by atoms with E-state index in [1.807, 2.05) is 0 Å². The maximum atomic E-state index is 13.9. The van der Waals surface area contributed by atoms with Crippen molar-refractivity contribution in [2.45, 2.75) is 55.5 Å². The average molecular weight is 303 g/mol. The Morgan fingerprint density at radius 2 is 1.95 bits per heavy atom. The van der Waals surface area contributed by atoms with Crippen LogP contribution in [0.25, 0.3) is 0 Å². The minimum absolute atomic E-state index is 0.460. The Morgan fingerprint density at radius 3 is 2.47 bits per heavy atom. The van der Waals surface area contributed by atoms with Gasteiger partial charge in [0, 0.05) is 0 Å². The number of rotatable bonds is 1. The monoisotopic (exact) mass is 303 g/mol. The number of aliphatic hydroxyl groups excluding tert-OH is 1. The third-order valence-electron chi connectivity index (χ3n) is 3.27. The number of thioether (sulfide) groups is 1. The summed E-state index contributed by atoms with van der Waals surface area (Å²) in [7, 11) is 0. The van der Waals surface area contributed by atoms with Crippen LogP contribution < -0.4 is 0 Å². The molecule has 0 bridgehead atoms. The van der Waals surface area contributed by atoms with Gasteiger partial charge in [-0.1, -0.05) is 11.8 Å². The zero-order valence-electron chi connectivity index (χ0n) is 10.1. The Morgan fingerprint density at radius 1 is 1.37 bits per heavy atom. The van der Waals surface area contributed by atoms with Crippen LogP contribution in [0.5, 0.6) is 0 Å². The van der Waals surface area contributed by atoms with Crippen LogP contribution in [0.15, 0.2) is 4.99 Å². The molecule has 1 fully saturated rings. The standard InChI is InChI=1S/C10H13F4NO3S/c1-3-15-5-4(11)6(16)7(18-8(5)19-3)9(2,17)10(12,13)14/h4-8,16-17H,1-2H3/t4-,5+,6-,7-,8+,9-/m0/s1. The first-order valence-corrected chi connectivity index (χ1v) is 6.41. The zero-order chi connectivity index (χ0) is 14.6. The van der Waals surface area contributed by atoms with Gasteiger partial charge in [0.1, 0.15) is 23.7 Å². The van der Waals surface area contributed by atoms with Gasteiger partial charge in [0.05, 0.1) is 5.04 Å². The SMILES string of the molecule is CC1=N[C@@H]2[C@H](F)[C@H](O)[C@@H]([C@](C)(O)C(F)(F)F)O[C@@H]2S1. The summed E-state index contributed by atoms with van der Waals surface area (Å²) in [6.07, 6.45) is -11.2. The Balaban J connectivity index is 2.26. The average Bonchev–Trinajstić information content (AvgIpc) is 2.63. The summed E-state index contributed by atoms with van der Waals surface area (Å²) in [5.74, 6) is 0. The summed E-state index contributed by atoms with van der Waals surface area (Å²) in [5, 5.41) is 19.6. The van der Waals surface area contributed by atoms with E-state index in [0.29, 0.717) is 12.0 Å². The van der Waals surface area contributed by atoms with Crippen LogP contribution in [-0.2, 0) is 4.74 Å². The van der Waals surface area contributed by atoms with Crippen LogP contribution in [0.1, 0.15) is 13.8 Å². The lowest BCUT2D eigenvalue weighted by Crippen LogP contribution is -2.65. The predicted octanol–water partition coefficient (Wildman–Crippen LogP) is 1.26. The van der Waals surface area contributed by atoms with Crippen molar-refractivity contribution < 1.29 is 32.5 Å². The third-order valence-corrected chi connectivity index (χ3v) is 4.34. The predicted molar refractivity (Wildman–Crippen MR) is 60.7 cm³/mol. The van der Waals surface area contributed by atoms with Gasteiger partial charge in [0.2, 0.25) is 0 Å². The van der Waals surface area contributed by atoms with Crippen molar-refractivity contribution >= 4 is 16.8 Å². The topological polar surface area (TPSA) is 62.1 Å². The molecule has 2 aliphatic heterocycles. The van der Waals surface area contributed by atoms with Crippen molar-refractivity contribution in [1.82, 2.24) is 0 Å². The maximum absolute atomic E-state index is 13.9. The zero-order valence-corrected chi connectivity index (χ0v) is 10.9. The first kappa shape index (κ1) is 15.0. The van der Waals surface area contributed by atoms with Gasteiger partial charge in [-0.25, -0.2) is 4.39 Å². The van der Waals surface area contributed by atoms with Crippen LogP contribution in [-0.4, -0.2) is 56.9 Å². The molecule has 0 aromatic heterocycles. The van der Waals surface area contributed by atoms with Gasteiger partial charge in [0.15, 0.2) is 11.8 Å². The molecule has 0 aromatic rings. The summed E-state index contributed by atoms with van der Waals surface area (Å²) in [6, 6.07) is -1.04. The molecule has 1 saturated heterocycles. The van der Waals surface area contributed by atoms with E-state index >= 15 is 0 Å². The molecule has 0 radical (unpaired) electrons. The number of fused-ring (bicyclic) bond motifs is 1. The molecule has 2 aliphatic rings. The molecule has 0 aliphatic carbocycles. The van der Waals surface area contributed by atoms with E-state index in [-0.39, 0.29) is 0 Å². The summed E-state index contributed by atoms with van der Waals surface area (Å²) in [4.78, 5) is 3.88. The van der Waals surface area contributed by atoms with Gasteiger partial charge < -0.3 is 14.9 Å². The highest BCUT2D eigenvalue weighted by molar-refractivity contribution is 8.14. The Bertz CT molecular complexity index is 401. The van der Waals surface area contributed by atoms with Crippen molar-refractivity contribution in [2.75, 3.05) is 0 Å². The van der Waals surface area contributed by atoms with Crippen molar-refractivity contribution in [1.29, 1.82) is 0 Å². The summed E-state index contributed by atoms with van der Waals surface area (Å²) < 4.78 is 57.2. The lowest BCUT2D eigenvalue weighted by atomic mass is 9.87. The number of halogens is 4. The van der Waals surface area contributed by atoms with Crippen molar-refractivity contribution in [2.24, 2.45) is 4.99 Å². The normalized spacial score (nSPS) is 42.5. The Kier molecular flexibility index (Phi) is 3.62. The molecular formula is C10H13F4NO3S. The molecule has 2 rings (SSSR count). The minimum Gasteiger partial charge on any atom is -0.387 e. The molecule has 2 N–H and O–H groups in total. The molecule has 0 amide bonds. The number of hydrogen-bond donors (Lipinski definition) is 2. The summed E-state index contributed by atoms with van der Waals surface area (Å²) in [6.45, 7) is 2.03. The van der Waals surface area contributed by atoms with E-state index in [9.17, 15) is 27.8 Å². The van der Waals surface area contributed by atoms with E-state index in [4.69, 9.17) is 4.74 Å². The second-order valence-electron chi connectivity index (χ2n) is 4.76. The smallest absolute Gasteiger partial charge is 0.387 e. The second kappa shape index (κ2) is 4.57.